The highest BCUT2D eigenvalue weighted by molar-refractivity contribution is 7.79. The molecular weight excluding hydrogens is 429 g/mol. The van der Waals surface area contributed by atoms with Gasteiger partial charge in [-0.25, -0.2) is 0 Å². The predicted octanol–water partition coefficient (Wildman–Crippen LogP) is 5.03. The number of hydrogen-bond acceptors (Lipinski definition) is 4. The molecule has 4 aromatic rings. The topological polar surface area (TPSA) is 55.4 Å². The van der Waals surface area contributed by atoms with E-state index in [1.165, 1.54) is 0 Å². The van der Waals surface area contributed by atoms with Gasteiger partial charge in [0.1, 0.15) is 6.61 Å². The normalized spacial score (nSPS) is 12.1. The van der Waals surface area contributed by atoms with Crippen LogP contribution in [-0.4, -0.2) is 12.5 Å². The lowest BCUT2D eigenvalue weighted by Crippen LogP contribution is -2.34. The largest absolute Gasteiger partial charge is 0.460 e. The zero-order chi connectivity index (χ0) is 22.9. The summed E-state index contributed by atoms with van der Waals surface area (Å²) in [6.07, 6.45) is 0. The molecule has 1 unspecified atom stereocenters. The number of benzene rings is 4. The lowest BCUT2D eigenvalue weighted by molar-refractivity contribution is -0.143. The van der Waals surface area contributed by atoms with Gasteiger partial charge in [0, 0.05) is 10.6 Å². The average Bonchev–Trinajstić information content (AvgIpc) is 2.89. The van der Waals surface area contributed by atoms with Crippen LogP contribution in [0.5, 0.6) is 0 Å². The summed E-state index contributed by atoms with van der Waals surface area (Å²) in [5.74, 6) is -0.986. The molecule has 1 N–H and O–H groups in total. The minimum atomic E-state index is -3.21. The van der Waals surface area contributed by atoms with Crippen molar-refractivity contribution < 1.29 is 14.1 Å². The van der Waals surface area contributed by atoms with Crippen molar-refractivity contribution >= 4 is 23.7 Å². The molecule has 0 amide bonds. The number of rotatable bonds is 9. The minimum absolute atomic E-state index is 0.0595. The molecule has 0 heterocycles. The maximum absolute atomic E-state index is 14.9. The molecule has 0 saturated carbocycles. The van der Waals surface area contributed by atoms with Gasteiger partial charge in [0.05, 0.1) is 12.3 Å². The zero-order valence-electron chi connectivity index (χ0n) is 18.2. The highest BCUT2D eigenvalue weighted by Crippen LogP contribution is 2.55. The summed E-state index contributed by atoms with van der Waals surface area (Å²) >= 11 is 0. The van der Waals surface area contributed by atoms with Crippen molar-refractivity contribution in [2.24, 2.45) is 0 Å². The average molecular weight is 455 g/mol. The lowest BCUT2D eigenvalue weighted by Gasteiger charge is -2.30. The molecule has 0 saturated heterocycles. The van der Waals surface area contributed by atoms with Crippen LogP contribution in [0.15, 0.2) is 121 Å². The predicted molar refractivity (Wildman–Crippen MR) is 133 cm³/mol. The summed E-state index contributed by atoms with van der Waals surface area (Å²) < 4.78 is 20.3. The van der Waals surface area contributed by atoms with Gasteiger partial charge in [0.2, 0.25) is 0 Å². The van der Waals surface area contributed by atoms with Crippen LogP contribution in [0.1, 0.15) is 16.9 Å². The third-order valence-corrected chi connectivity index (χ3v) is 8.78. The molecule has 1 atom stereocenters. The molecule has 0 aromatic heterocycles. The van der Waals surface area contributed by atoms with E-state index in [-0.39, 0.29) is 13.2 Å². The van der Waals surface area contributed by atoms with E-state index in [4.69, 9.17) is 4.74 Å². The standard InChI is InChI=1S/C28H26NO3P/c30-27(32-22-23-13-5-1-6-14-23)21-29-28(24-15-7-2-8-16-24)33(31,25-17-9-3-10-18-25)26-19-11-4-12-20-26/h1-20,28-29H,21-22H2. The molecular formula is C28H26NO3P. The monoisotopic (exact) mass is 455 g/mol. The minimum Gasteiger partial charge on any atom is -0.460 e. The van der Waals surface area contributed by atoms with Gasteiger partial charge in [-0.1, -0.05) is 121 Å². The summed E-state index contributed by atoms with van der Waals surface area (Å²) in [5, 5.41) is 4.74. The highest BCUT2D eigenvalue weighted by atomic mass is 31.2. The number of esters is 1. The second kappa shape index (κ2) is 10.9. The molecule has 4 nitrogen and oxygen atoms in total. The summed E-state index contributed by atoms with van der Waals surface area (Å²) in [6, 6.07) is 38.1. The van der Waals surface area contributed by atoms with E-state index < -0.39 is 18.9 Å². The Kier molecular flexibility index (Phi) is 7.51. The molecule has 0 bridgehead atoms. The Morgan fingerprint density at radius 2 is 1.15 bits per heavy atom. The Labute approximate surface area is 194 Å². The maximum Gasteiger partial charge on any atom is 0.320 e. The fourth-order valence-corrected chi connectivity index (χ4v) is 6.87. The Bertz CT molecular complexity index is 1160. The second-order valence-electron chi connectivity index (χ2n) is 7.67. The smallest absolute Gasteiger partial charge is 0.320 e. The van der Waals surface area contributed by atoms with Crippen molar-refractivity contribution in [2.45, 2.75) is 12.4 Å². The molecule has 166 valence electrons. The van der Waals surface area contributed by atoms with Gasteiger partial charge in [0.15, 0.2) is 7.14 Å². The number of ether oxygens (including phenoxy) is 1. The van der Waals surface area contributed by atoms with Gasteiger partial charge < -0.3 is 9.30 Å². The third kappa shape index (κ3) is 5.48. The summed E-state index contributed by atoms with van der Waals surface area (Å²) in [5.41, 5.74) is 1.77. The van der Waals surface area contributed by atoms with E-state index in [1.54, 1.807) is 0 Å². The van der Waals surface area contributed by atoms with Gasteiger partial charge in [-0.15, -0.1) is 0 Å². The Morgan fingerprint density at radius 1 is 0.697 bits per heavy atom. The van der Waals surface area contributed by atoms with Gasteiger partial charge >= 0.3 is 5.97 Å². The Hall–Kier alpha value is -3.46. The van der Waals surface area contributed by atoms with E-state index in [1.807, 2.05) is 121 Å². The Morgan fingerprint density at radius 3 is 1.67 bits per heavy atom. The maximum atomic E-state index is 14.9. The first kappa shape index (κ1) is 22.7. The van der Waals surface area contributed by atoms with Crippen molar-refractivity contribution in [1.82, 2.24) is 5.32 Å². The molecule has 0 aliphatic heterocycles. The molecule has 5 heteroatoms. The van der Waals surface area contributed by atoms with Crippen LogP contribution in [-0.2, 0) is 20.7 Å². The van der Waals surface area contributed by atoms with Crippen molar-refractivity contribution in [2.75, 3.05) is 6.54 Å². The van der Waals surface area contributed by atoms with Crippen LogP contribution in [0.4, 0.5) is 0 Å². The zero-order valence-corrected chi connectivity index (χ0v) is 19.1. The van der Waals surface area contributed by atoms with Crippen molar-refractivity contribution in [3.63, 3.8) is 0 Å². The van der Waals surface area contributed by atoms with E-state index in [0.29, 0.717) is 0 Å². The van der Waals surface area contributed by atoms with Crippen LogP contribution in [0.25, 0.3) is 0 Å². The van der Waals surface area contributed by atoms with E-state index in [9.17, 15) is 9.36 Å². The lowest BCUT2D eigenvalue weighted by atomic mass is 10.2. The number of carbonyl (C=O) groups is 1. The quantitative estimate of drug-likeness (QED) is 0.284. The second-order valence-corrected chi connectivity index (χ2v) is 10.5. The highest BCUT2D eigenvalue weighted by Gasteiger charge is 2.37. The molecule has 4 rings (SSSR count). The summed E-state index contributed by atoms with van der Waals surface area (Å²) in [6.45, 7) is 0.141. The van der Waals surface area contributed by atoms with Gasteiger partial charge in [-0.05, 0) is 11.1 Å². The fourth-order valence-electron chi connectivity index (χ4n) is 3.81. The molecule has 33 heavy (non-hydrogen) atoms. The molecule has 0 aliphatic carbocycles. The van der Waals surface area contributed by atoms with Gasteiger partial charge in [-0.3, -0.25) is 10.1 Å². The van der Waals surface area contributed by atoms with Crippen molar-refractivity contribution in [1.29, 1.82) is 0 Å². The first-order chi connectivity index (χ1) is 16.2. The van der Waals surface area contributed by atoms with Gasteiger partial charge in [0.25, 0.3) is 0 Å². The molecule has 0 aliphatic rings. The first-order valence-corrected chi connectivity index (χ1v) is 12.6. The summed E-state index contributed by atoms with van der Waals surface area (Å²) in [7, 11) is -3.21. The number of carbonyl (C=O) groups excluding carboxylic acids is 1. The van der Waals surface area contributed by atoms with Crippen LogP contribution < -0.4 is 15.9 Å². The molecule has 0 fully saturated rings. The Balaban J connectivity index is 1.64. The van der Waals surface area contributed by atoms with Crippen LogP contribution in [0.3, 0.4) is 0 Å². The van der Waals surface area contributed by atoms with Crippen LogP contribution >= 0.6 is 7.14 Å². The first-order valence-electron chi connectivity index (χ1n) is 10.9. The summed E-state index contributed by atoms with van der Waals surface area (Å²) in [4.78, 5) is 12.6. The van der Waals surface area contributed by atoms with Gasteiger partial charge in [-0.2, -0.15) is 0 Å². The van der Waals surface area contributed by atoms with Crippen molar-refractivity contribution in [3.8, 4) is 0 Å². The third-order valence-electron chi connectivity index (χ3n) is 5.44. The van der Waals surface area contributed by atoms with E-state index >= 15 is 0 Å². The van der Waals surface area contributed by atoms with Crippen LogP contribution in [0.2, 0.25) is 0 Å². The van der Waals surface area contributed by atoms with Crippen LogP contribution in [0, 0.1) is 0 Å². The number of nitrogens with one attached hydrogen (secondary N) is 1. The van der Waals surface area contributed by atoms with Crippen molar-refractivity contribution in [3.05, 3.63) is 132 Å². The molecule has 0 radical (unpaired) electrons. The number of hydrogen-bond donors (Lipinski definition) is 1. The fraction of sp³-hybridized carbons (Fsp3) is 0.107. The van der Waals surface area contributed by atoms with E-state index in [2.05, 4.69) is 5.32 Å². The SMILES string of the molecule is O=C(CNC(c1ccccc1)P(=O)(c1ccccc1)c1ccccc1)OCc1ccccc1. The molecule has 4 aromatic carbocycles. The molecule has 0 spiro atoms. The van der Waals surface area contributed by atoms with E-state index in [0.717, 1.165) is 21.7 Å².